The summed E-state index contributed by atoms with van der Waals surface area (Å²) in [7, 11) is 0. The third-order valence-corrected chi connectivity index (χ3v) is 1.78. The Morgan fingerprint density at radius 1 is 1.50 bits per heavy atom. The van der Waals surface area contributed by atoms with E-state index < -0.39 is 0 Å². The summed E-state index contributed by atoms with van der Waals surface area (Å²) in [6.45, 7) is 0.696. The summed E-state index contributed by atoms with van der Waals surface area (Å²) >= 11 is 2.24. The number of nitrogens with two attached hydrogens (primary N) is 1. The van der Waals surface area contributed by atoms with Gasteiger partial charge in [0.15, 0.2) is 0 Å². The van der Waals surface area contributed by atoms with E-state index in [-0.39, 0.29) is 0 Å². The molecule has 0 unspecified atom stereocenters. The monoisotopic (exact) mass is 248 g/mol. The average molecular weight is 248 g/mol. The maximum absolute atomic E-state index is 5.38. The summed E-state index contributed by atoms with van der Waals surface area (Å²) in [5.41, 5.74) is 6.60. The fourth-order valence-electron chi connectivity index (χ4n) is 0.759. The third-order valence-electron chi connectivity index (χ3n) is 1.19. The average Bonchev–Trinajstić information content (AvgIpc) is 1.88. The van der Waals surface area contributed by atoms with Gasteiger partial charge in [0.25, 0.3) is 0 Å². The molecule has 0 atom stereocenters. The zero-order valence-electron chi connectivity index (χ0n) is 5.55. The molecule has 1 rings (SSSR count). The molecule has 1 aromatic heterocycles. The van der Waals surface area contributed by atoms with E-state index in [1.165, 1.54) is 9.13 Å². The normalized spacial score (nSPS) is 9.80. The number of hydrogen-bond acceptors (Lipinski definition) is 2. The van der Waals surface area contributed by atoms with Gasteiger partial charge in [-0.15, -0.1) is 0 Å². The van der Waals surface area contributed by atoms with Gasteiger partial charge < -0.3 is 5.73 Å². The molecule has 0 radical (unpaired) electrons. The van der Waals surface area contributed by atoms with Crippen molar-refractivity contribution in [3.8, 4) is 0 Å². The second-order valence-electron chi connectivity index (χ2n) is 2.05. The molecule has 0 spiro atoms. The number of aromatic nitrogens is 1. The molecule has 0 fully saturated rings. The lowest BCUT2D eigenvalue weighted by molar-refractivity contribution is 0.956. The highest BCUT2D eigenvalue weighted by Crippen LogP contribution is 2.04. The van der Waals surface area contributed by atoms with Crippen LogP contribution in [0.4, 0.5) is 0 Å². The summed E-state index contributed by atoms with van der Waals surface area (Å²) in [5, 5.41) is 0. The van der Waals surface area contributed by atoms with Gasteiger partial charge in [0, 0.05) is 16.0 Å². The maximum atomic E-state index is 5.38. The molecule has 0 aliphatic rings. The standard InChI is InChI=1S/C7H9IN2/c8-7-3-6(1-2-9)4-10-5-7/h3-5H,1-2,9H2. The lowest BCUT2D eigenvalue weighted by Crippen LogP contribution is -2.02. The Morgan fingerprint density at radius 3 is 2.90 bits per heavy atom. The van der Waals surface area contributed by atoms with E-state index in [1.54, 1.807) is 0 Å². The third kappa shape index (κ3) is 2.22. The van der Waals surface area contributed by atoms with E-state index in [2.05, 4.69) is 33.6 Å². The van der Waals surface area contributed by atoms with Crippen LogP contribution >= 0.6 is 22.6 Å². The van der Waals surface area contributed by atoms with E-state index in [0.29, 0.717) is 6.54 Å². The lowest BCUT2D eigenvalue weighted by Gasteiger charge is -1.96. The Morgan fingerprint density at radius 2 is 2.30 bits per heavy atom. The van der Waals surface area contributed by atoms with E-state index in [1.807, 2.05) is 12.4 Å². The molecule has 2 N–H and O–H groups in total. The molecular formula is C7H9IN2. The molecule has 0 aliphatic carbocycles. The van der Waals surface area contributed by atoms with Gasteiger partial charge in [-0.1, -0.05) is 0 Å². The second kappa shape index (κ2) is 3.88. The molecule has 10 heavy (non-hydrogen) atoms. The van der Waals surface area contributed by atoms with E-state index in [0.717, 1.165) is 6.42 Å². The Balaban J connectivity index is 2.75. The fraction of sp³-hybridized carbons (Fsp3) is 0.286. The molecule has 1 aromatic rings. The van der Waals surface area contributed by atoms with Crippen LogP contribution < -0.4 is 5.73 Å². The topological polar surface area (TPSA) is 38.9 Å². The van der Waals surface area contributed by atoms with Gasteiger partial charge in [-0.25, -0.2) is 0 Å². The number of rotatable bonds is 2. The summed E-state index contributed by atoms with van der Waals surface area (Å²) in [6.07, 6.45) is 4.61. The minimum absolute atomic E-state index is 0.696. The molecular weight excluding hydrogens is 239 g/mol. The summed E-state index contributed by atoms with van der Waals surface area (Å²) in [5.74, 6) is 0. The Labute approximate surface area is 74.0 Å². The van der Waals surface area contributed by atoms with Crippen LogP contribution in [0.15, 0.2) is 18.5 Å². The van der Waals surface area contributed by atoms with Crippen LogP contribution in [0.3, 0.4) is 0 Å². The van der Waals surface area contributed by atoms with Crippen molar-refractivity contribution in [2.45, 2.75) is 6.42 Å². The zero-order valence-corrected chi connectivity index (χ0v) is 7.71. The highest BCUT2D eigenvalue weighted by Gasteiger charge is 1.91. The number of nitrogens with zero attached hydrogens (tertiary/aromatic N) is 1. The van der Waals surface area contributed by atoms with Crippen LogP contribution in [0, 0.1) is 3.57 Å². The highest BCUT2D eigenvalue weighted by atomic mass is 127. The molecule has 3 heteroatoms. The fourth-order valence-corrected chi connectivity index (χ4v) is 1.32. The summed E-state index contributed by atoms with van der Waals surface area (Å²) in [6, 6.07) is 2.10. The molecule has 1 heterocycles. The predicted molar refractivity (Wildman–Crippen MR) is 49.7 cm³/mol. The van der Waals surface area contributed by atoms with Crippen LogP contribution in [-0.4, -0.2) is 11.5 Å². The largest absolute Gasteiger partial charge is 0.330 e. The van der Waals surface area contributed by atoms with Crippen molar-refractivity contribution >= 4 is 22.6 Å². The SMILES string of the molecule is NCCc1cncc(I)c1. The van der Waals surface area contributed by atoms with Crippen LogP contribution in [0.25, 0.3) is 0 Å². The van der Waals surface area contributed by atoms with Gasteiger partial charge in [0.05, 0.1) is 0 Å². The lowest BCUT2D eigenvalue weighted by atomic mass is 10.2. The number of pyridine rings is 1. The Bertz CT molecular complexity index is 213. The first-order valence-electron chi connectivity index (χ1n) is 3.12. The first-order chi connectivity index (χ1) is 4.83. The van der Waals surface area contributed by atoms with Crippen molar-refractivity contribution in [3.63, 3.8) is 0 Å². The Hall–Kier alpha value is -0.160. The van der Waals surface area contributed by atoms with Crippen molar-refractivity contribution in [2.24, 2.45) is 5.73 Å². The Kier molecular flexibility index (Phi) is 3.08. The van der Waals surface area contributed by atoms with Crippen LogP contribution in [-0.2, 0) is 6.42 Å². The molecule has 0 aromatic carbocycles. The van der Waals surface area contributed by atoms with Crippen molar-refractivity contribution in [3.05, 3.63) is 27.6 Å². The molecule has 2 nitrogen and oxygen atoms in total. The first-order valence-corrected chi connectivity index (χ1v) is 4.20. The van der Waals surface area contributed by atoms with Crippen molar-refractivity contribution in [1.82, 2.24) is 4.98 Å². The van der Waals surface area contributed by atoms with Gasteiger partial charge in [-0.3, -0.25) is 4.98 Å². The number of halogens is 1. The molecule has 0 saturated heterocycles. The van der Waals surface area contributed by atoms with Crippen molar-refractivity contribution < 1.29 is 0 Å². The molecule has 0 saturated carbocycles. The predicted octanol–water partition coefficient (Wildman–Crippen LogP) is 1.19. The van der Waals surface area contributed by atoms with Crippen molar-refractivity contribution in [2.75, 3.05) is 6.54 Å². The van der Waals surface area contributed by atoms with Crippen LogP contribution in [0.1, 0.15) is 5.56 Å². The molecule has 0 amide bonds. The zero-order chi connectivity index (χ0) is 7.40. The van der Waals surface area contributed by atoms with Gasteiger partial charge in [0.1, 0.15) is 0 Å². The van der Waals surface area contributed by atoms with Gasteiger partial charge in [-0.05, 0) is 47.2 Å². The van der Waals surface area contributed by atoms with Crippen LogP contribution in [0.5, 0.6) is 0 Å². The smallest absolute Gasteiger partial charge is 0.0401 e. The molecule has 0 aliphatic heterocycles. The van der Waals surface area contributed by atoms with E-state index in [9.17, 15) is 0 Å². The first kappa shape index (κ1) is 7.94. The summed E-state index contributed by atoms with van der Waals surface area (Å²) in [4.78, 5) is 4.04. The van der Waals surface area contributed by atoms with Gasteiger partial charge >= 0.3 is 0 Å². The van der Waals surface area contributed by atoms with E-state index >= 15 is 0 Å². The molecule has 0 bridgehead atoms. The van der Waals surface area contributed by atoms with Crippen molar-refractivity contribution in [1.29, 1.82) is 0 Å². The maximum Gasteiger partial charge on any atom is 0.0401 e. The second-order valence-corrected chi connectivity index (χ2v) is 3.30. The minimum Gasteiger partial charge on any atom is -0.330 e. The van der Waals surface area contributed by atoms with E-state index in [4.69, 9.17) is 5.73 Å². The summed E-state index contributed by atoms with van der Waals surface area (Å²) < 4.78 is 1.17. The molecule has 54 valence electrons. The highest BCUT2D eigenvalue weighted by molar-refractivity contribution is 14.1. The number of hydrogen-bond donors (Lipinski definition) is 1. The van der Waals surface area contributed by atoms with Gasteiger partial charge in [-0.2, -0.15) is 0 Å². The minimum atomic E-state index is 0.696. The van der Waals surface area contributed by atoms with Gasteiger partial charge in [0.2, 0.25) is 0 Å². The quantitative estimate of drug-likeness (QED) is 0.798. The van der Waals surface area contributed by atoms with Crippen LogP contribution in [0.2, 0.25) is 0 Å².